The summed E-state index contributed by atoms with van der Waals surface area (Å²) in [5.74, 6) is -0.631. The number of rotatable bonds is 4. The molecule has 110 valence electrons. The molecule has 2 aromatic carbocycles. The standard InChI is InChI=1S/C15H13BrFNO3/c1-20-14-7-12(18)2-3-13(14)15(19)21-8-9-4-10(16)6-11(17)5-9/h2-7H,8,18H2,1H3. The molecular formula is C15H13BrFNO3. The van der Waals surface area contributed by atoms with E-state index in [2.05, 4.69) is 15.9 Å². The van der Waals surface area contributed by atoms with Crippen molar-refractivity contribution in [2.24, 2.45) is 0 Å². The number of benzene rings is 2. The van der Waals surface area contributed by atoms with Crippen molar-refractivity contribution in [1.82, 2.24) is 0 Å². The number of carbonyl (C=O) groups is 1. The molecule has 0 saturated heterocycles. The second-order valence-electron chi connectivity index (χ2n) is 4.31. The largest absolute Gasteiger partial charge is 0.496 e. The van der Waals surface area contributed by atoms with Gasteiger partial charge in [0.1, 0.15) is 23.7 Å². The molecule has 0 radical (unpaired) electrons. The molecule has 0 bridgehead atoms. The fraction of sp³-hybridized carbons (Fsp3) is 0.133. The Morgan fingerprint density at radius 2 is 2.05 bits per heavy atom. The summed E-state index contributed by atoms with van der Waals surface area (Å²) in [6.07, 6.45) is 0. The molecule has 2 aromatic rings. The minimum Gasteiger partial charge on any atom is -0.496 e. The van der Waals surface area contributed by atoms with Crippen LogP contribution in [-0.2, 0) is 11.3 Å². The predicted molar refractivity (Wildman–Crippen MR) is 80.6 cm³/mol. The lowest BCUT2D eigenvalue weighted by Gasteiger charge is -2.10. The Balaban J connectivity index is 2.11. The molecule has 2 rings (SSSR count). The number of carbonyl (C=O) groups excluding carboxylic acids is 1. The first-order chi connectivity index (χ1) is 9.99. The first kappa shape index (κ1) is 15.3. The topological polar surface area (TPSA) is 61.5 Å². The molecule has 0 aliphatic rings. The van der Waals surface area contributed by atoms with E-state index in [1.165, 1.54) is 31.4 Å². The molecule has 0 aliphatic heterocycles. The highest BCUT2D eigenvalue weighted by Crippen LogP contribution is 2.23. The van der Waals surface area contributed by atoms with Crippen LogP contribution in [0, 0.1) is 5.82 Å². The second-order valence-corrected chi connectivity index (χ2v) is 5.23. The Morgan fingerprint density at radius 1 is 1.29 bits per heavy atom. The van der Waals surface area contributed by atoms with Gasteiger partial charge in [-0.15, -0.1) is 0 Å². The lowest BCUT2D eigenvalue weighted by molar-refractivity contribution is 0.0468. The number of esters is 1. The van der Waals surface area contributed by atoms with Crippen molar-refractivity contribution >= 4 is 27.6 Å². The van der Waals surface area contributed by atoms with E-state index in [0.29, 0.717) is 21.5 Å². The third kappa shape index (κ3) is 3.95. The fourth-order valence-electron chi connectivity index (χ4n) is 1.80. The Hall–Kier alpha value is -2.08. The van der Waals surface area contributed by atoms with Crippen molar-refractivity contribution < 1.29 is 18.7 Å². The Labute approximate surface area is 129 Å². The number of halogens is 2. The summed E-state index contributed by atoms with van der Waals surface area (Å²) >= 11 is 3.18. The maximum Gasteiger partial charge on any atom is 0.342 e. The van der Waals surface area contributed by atoms with Crippen LogP contribution >= 0.6 is 15.9 Å². The Kier molecular flexibility index (Phi) is 4.80. The van der Waals surface area contributed by atoms with Crippen molar-refractivity contribution in [3.63, 3.8) is 0 Å². The Bertz CT molecular complexity index is 656. The summed E-state index contributed by atoms with van der Waals surface area (Å²) in [6, 6.07) is 8.95. The smallest absolute Gasteiger partial charge is 0.342 e. The van der Waals surface area contributed by atoms with Crippen LogP contribution in [0.15, 0.2) is 40.9 Å². The third-order valence-corrected chi connectivity index (χ3v) is 3.20. The highest BCUT2D eigenvalue weighted by Gasteiger charge is 2.14. The molecule has 6 heteroatoms. The van der Waals surface area contributed by atoms with Crippen LogP contribution in [0.1, 0.15) is 15.9 Å². The average molecular weight is 354 g/mol. The van der Waals surface area contributed by atoms with E-state index in [1.807, 2.05) is 0 Å². The van der Waals surface area contributed by atoms with Crippen LogP contribution in [0.2, 0.25) is 0 Å². The molecular weight excluding hydrogens is 341 g/mol. The van der Waals surface area contributed by atoms with Crippen LogP contribution in [0.25, 0.3) is 0 Å². The van der Waals surface area contributed by atoms with E-state index >= 15 is 0 Å². The highest BCUT2D eigenvalue weighted by molar-refractivity contribution is 9.10. The van der Waals surface area contributed by atoms with Crippen molar-refractivity contribution in [2.45, 2.75) is 6.61 Å². The molecule has 21 heavy (non-hydrogen) atoms. The van der Waals surface area contributed by atoms with Gasteiger partial charge >= 0.3 is 5.97 Å². The van der Waals surface area contributed by atoms with E-state index < -0.39 is 11.8 Å². The quantitative estimate of drug-likeness (QED) is 0.674. The average Bonchev–Trinajstić information content (AvgIpc) is 2.43. The van der Waals surface area contributed by atoms with Gasteiger partial charge in [-0.1, -0.05) is 15.9 Å². The summed E-state index contributed by atoms with van der Waals surface area (Å²) in [5, 5.41) is 0. The molecule has 0 amide bonds. The minimum absolute atomic E-state index is 0.0390. The summed E-state index contributed by atoms with van der Waals surface area (Å²) in [5.41, 5.74) is 6.92. The number of nitrogen functional groups attached to an aromatic ring is 1. The zero-order chi connectivity index (χ0) is 15.4. The second kappa shape index (κ2) is 6.58. The SMILES string of the molecule is COc1cc(N)ccc1C(=O)OCc1cc(F)cc(Br)c1. The number of hydrogen-bond donors (Lipinski definition) is 1. The molecule has 0 spiro atoms. The summed E-state index contributed by atoms with van der Waals surface area (Å²) in [6.45, 7) is -0.0390. The van der Waals surface area contributed by atoms with Crippen molar-refractivity contribution in [2.75, 3.05) is 12.8 Å². The molecule has 4 nitrogen and oxygen atoms in total. The van der Waals surface area contributed by atoms with E-state index in [4.69, 9.17) is 15.2 Å². The molecule has 0 atom stereocenters. The van der Waals surface area contributed by atoms with Crippen molar-refractivity contribution in [3.05, 3.63) is 57.8 Å². The molecule has 0 saturated carbocycles. The van der Waals surface area contributed by atoms with E-state index in [0.717, 1.165) is 0 Å². The van der Waals surface area contributed by atoms with Crippen LogP contribution in [0.3, 0.4) is 0 Å². The maximum atomic E-state index is 13.2. The van der Waals surface area contributed by atoms with Gasteiger partial charge in [-0.25, -0.2) is 9.18 Å². The zero-order valence-corrected chi connectivity index (χ0v) is 12.8. The number of anilines is 1. The molecule has 2 N–H and O–H groups in total. The lowest BCUT2D eigenvalue weighted by atomic mass is 10.2. The van der Waals surface area contributed by atoms with Crippen LogP contribution in [0.5, 0.6) is 5.75 Å². The molecule has 0 aliphatic carbocycles. The Morgan fingerprint density at radius 3 is 2.71 bits per heavy atom. The van der Waals surface area contributed by atoms with E-state index in [1.54, 1.807) is 12.1 Å². The predicted octanol–water partition coefficient (Wildman–Crippen LogP) is 3.54. The zero-order valence-electron chi connectivity index (χ0n) is 11.2. The summed E-state index contributed by atoms with van der Waals surface area (Å²) in [4.78, 5) is 12.0. The summed E-state index contributed by atoms with van der Waals surface area (Å²) < 4.78 is 24.1. The van der Waals surface area contributed by atoms with Crippen LogP contribution in [0.4, 0.5) is 10.1 Å². The van der Waals surface area contributed by atoms with Gasteiger partial charge < -0.3 is 15.2 Å². The number of hydrogen-bond acceptors (Lipinski definition) is 4. The monoisotopic (exact) mass is 353 g/mol. The van der Waals surface area contributed by atoms with Crippen LogP contribution < -0.4 is 10.5 Å². The van der Waals surface area contributed by atoms with E-state index in [-0.39, 0.29) is 12.2 Å². The van der Waals surface area contributed by atoms with Gasteiger partial charge in [0, 0.05) is 16.2 Å². The van der Waals surface area contributed by atoms with Crippen molar-refractivity contribution in [3.8, 4) is 5.75 Å². The molecule has 0 heterocycles. The number of ether oxygens (including phenoxy) is 2. The van der Waals surface area contributed by atoms with Gasteiger partial charge in [-0.2, -0.15) is 0 Å². The summed E-state index contributed by atoms with van der Waals surface area (Å²) in [7, 11) is 1.44. The minimum atomic E-state index is -0.563. The normalized spacial score (nSPS) is 10.2. The highest BCUT2D eigenvalue weighted by atomic mass is 79.9. The molecule has 0 fully saturated rings. The maximum absolute atomic E-state index is 13.2. The lowest BCUT2D eigenvalue weighted by Crippen LogP contribution is -2.07. The van der Waals surface area contributed by atoms with Gasteiger partial charge in [0.2, 0.25) is 0 Å². The number of methoxy groups -OCH3 is 1. The fourth-order valence-corrected chi connectivity index (χ4v) is 2.31. The van der Waals surface area contributed by atoms with Gasteiger partial charge in [0.15, 0.2) is 0 Å². The first-order valence-corrected chi connectivity index (χ1v) is 6.84. The number of nitrogens with two attached hydrogens (primary N) is 1. The van der Waals surface area contributed by atoms with Gasteiger partial charge in [-0.3, -0.25) is 0 Å². The molecule has 0 unspecified atom stereocenters. The van der Waals surface area contributed by atoms with Gasteiger partial charge in [0.25, 0.3) is 0 Å². The third-order valence-electron chi connectivity index (χ3n) is 2.74. The van der Waals surface area contributed by atoms with Crippen molar-refractivity contribution in [1.29, 1.82) is 0 Å². The van der Waals surface area contributed by atoms with Gasteiger partial charge in [-0.05, 0) is 35.9 Å². The molecule has 0 aromatic heterocycles. The van der Waals surface area contributed by atoms with E-state index in [9.17, 15) is 9.18 Å². The first-order valence-electron chi connectivity index (χ1n) is 6.05. The van der Waals surface area contributed by atoms with Crippen LogP contribution in [-0.4, -0.2) is 13.1 Å². The van der Waals surface area contributed by atoms with Gasteiger partial charge in [0.05, 0.1) is 7.11 Å².